The highest BCUT2D eigenvalue weighted by Gasteiger charge is 2.26. The maximum absolute atomic E-state index is 5.90. The van der Waals surface area contributed by atoms with Crippen molar-refractivity contribution in [2.24, 2.45) is 5.73 Å². The summed E-state index contributed by atoms with van der Waals surface area (Å²) in [7, 11) is 0. The summed E-state index contributed by atoms with van der Waals surface area (Å²) >= 11 is 0. The molecule has 0 amide bonds. The highest BCUT2D eigenvalue weighted by atomic mass is 14.9. The summed E-state index contributed by atoms with van der Waals surface area (Å²) in [4.78, 5) is 9.17. The van der Waals surface area contributed by atoms with Crippen molar-refractivity contribution in [3.8, 4) is 0 Å². The third kappa shape index (κ3) is 2.66. The van der Waals surface area contributed by atoms with Crippen LogP contribution in [0.25, 0.3) is 0 Å². The lowest BCUT2D eigenvalue weighted by atomic mass is 9.83. The Labute approximate surface area is 114 Å². The first-order chi connectivity index (χ1) is 8.93. The van der Waals surface area contributed by atoms with E-state index in [4.69, 9.17) is 5.73 Å². The van der Waals surface area contributed by atoms with Crippen LogP contribution in [0.1, 0.15) is 49.5 Å². The van der Waals surface area contributed by atoms with Gasteiger partial charge in [-0.2, -0.15) is 0 Å². The minimum absolute atomic E-state index is 0.0334. The molecule has 0 radical (unpaired) electrons. The molecule has 3 heteroatoms. The zero-order chi connectivity index (χ0) is 14.0. The topological polar surface area (TPSA) is 51.8 Å². The summed E-state index contributed by atoms with van der Waals surface area (Å²) in [6.07, 6.45) is 1.85. The monoisotopic (exact) mass is 255 g/mol. The second kappa shape index (κ2) is 5.10. The van der Waals surface area contributed by atoms with Crippen molar-refractivity contribution in [1.82, 2.24) is 9.97 Å². The van der Waals surface area contributed by atoms with Crippen LogP contribution in [-0.2, 0) is 5.41 Å². The van der Waals surface area contributed by atoms with Crippen LogP contribution in [0.4, 0.5) is 0 Å². The number of aryl methyl sites for hydroxylation is 1. The number of nitrogens with zero attached hydrogens (tertiary/aromatic N) is 2. The standard InChI is InChI=1S/C16H21N3/c1-11(17)14-10-18-15(19-12(14)2)16(3,4)13-8-6-5-7-9-13/h5-11H,17H2,1-4H3. The van der Waals surface area contributed by atoms with Crippen molar-refractivity contribution in [2.75, 3.05) is 0 Å². The van der Waals surface area contributed by atoms with Gasteiger partial charge in [0.2, 0.25) is 0 Å². The van der Waals surface area contributed by atoms with E-state index >= 15 is 0 Å². The molecule has 0 saturated heterocycles. The van der Waals surface area contributed by atoms with Gasteiger partial charge in [-0.3, -0.25) is 0 Å². The summed E-state index contributed by atoms with van der Waals surface area (Å²) in [5.74, 6) is 0.834. The fourth-order valence-corrected chi connectivity index (χ4v) is 2.21. The Morgan fingerprint density at radius 1 is 1.16 bits per heavy atom. The van der Waals surface area contributed by atoms with Gasteiger partial charge in [-0.05, 0) is 33.3 Å². The molecule has 100 valence electrons. The Morgan fingerprint density at radius 2 is 1.79 bits per heavy atom. The van der Waals surface area contributed by atoms with E-state index in [0.717, 1.165) is 17.1 Å². The minimum Gasteiger partial charge on any atom is -0.324 e. The third-order valence-electron chi connectivity index (χ3n) is 3.56. The second-order valence-electron chi connectivity index (χ2n) is 5.51. The molecule has 1 unspecified atom stereocenters. The van der Waals surface area contributed by atoms with Crippen LogP contribution in [-0.4, -0.2) is 9.97 Å². The normalized spacial score (nSPS) is 13.3. The molecule has 0 fully saturated rings. The van der Waals surface area contributed by atoms with Crippen LogP contribution in [0, 0.1) is 6.92 Å². The first-order valence-electron chi connectivity index (χ1n) is 6.58. The van der Waals surface area contributed by atoms with Crippen LogP contribution in [0.5, 0.6) is 0 Å². The van der Waals surface area contributed by atoms with E-state index in [1.54, 1.807) is 0 Å². The van der Waals surface area contributed by atoms with Gasteiger partial charge in [0.25, 0.3) is 0 Å². The Balaban J connectivity index is 2.44. The van der Waals surface area contributed by atoms with Gasteiger partial charge in [0.15, 0.2) is 0 Å². The van der Waals surface area contributed by atoms with Crippen molar-refractivity contribution in [2.45, 2.75) is 39.2 Å². The van der Waals surface area contributed by atoms with E-state index in [0.29, 0.717) is 0 Å². The van der Waals surface area contributed by atoms with E-state index in [2.05, 4.69) is 35.9 Å². The molecule has 2 N–H and O–H groups in total. The van der Waals surface area contributed by atoms with Crippen molar-refractivity contribution >= 4 is 0 Å². The van der Waals surface area contributed by atoms with Crippen LogP contribution >= 0.6 is 0 Å². The van der Waals surface area contributed by atoms with E-state index in [-0.39, 0.29) is 11.5 Å². The van der Waals surface area contributed by atoms with Crippen LogP contribution < -0.4 is 5.73 Å². The van der Waals surface area contributed by atoms with Gasteiger partial charge >= 0.3 is 0 Å². The maximum Gasteiger partial charge on any atom is 0.138 e. The van der Waals surface area contributed by atoms with Gasteiger partial charge in [-0.1, -0.05) is 30.3 Å². The molecular weight excluding hydrogens is 234 g/mol. The SMILES string of the molecule is Cc1nc(C(C)(C)c2ccccc2)ncc1C(C)N. The summed E-state index contributed by atoms with van der Waals surface area (Å²) < 4.78 is 0. The first kappa shape index (κ1) is 13.7. The number of aromatic nitrogens is 2. The second-order valence-corrected chi connectivity index (χ2v) is 5.51. The van der Waals surface area contributed by atoms with Crippen molar-refractivity contribution in [1.29, 1.82) is 0 Å². The van der Waals surface area contributed by atoms with E-state index in [1.165, 1.54) is 5.56 Å². The molecule has 0 aliphatic heterocycles. The van der Waals surface area contributed by atoms with Gasteiger partial charge in [0, 0.05) is 28.9 Å². The smallest absolute Gasteiger partial charge is 0.138 e. The minimum atomic E-state index is -0.206. The molecule has 1 aromatic heterocycles. The van der Waals surface area contributed by atoms with Crippen LogP contribution in [0.3, 0.4) is 0 Å². The van der Waals surface area contributed by atoms with E-state index in [1.807, 2.05) is 38.2 Å². The van der Waals surface area contributed by atoms with Gasteiger partial charge in [-0.15, -0.1) is 0 Å². The average molecular weight is 255 g/mol. The summed E-state index contributed by atoms with van der Waals surface area (Å²) in [5.41, 5.74) is 8.88. The zero-order valence-electron chi connectivity index (χ0n) is 12.0. The molecule has 0 saturated carbocycles. The molecule has 3 nitrogen and oxygen atoms in total. The predicted molar refractivity (Wildman–Crippen MR) is 77.9 cm³/mol. The Bertz CT molecular complexity index is 559. The number of hydrogen-bond acceptors (Lipinski definition) is 3. The fourth-order valence-electron chi connectivity index (χ4n) is 2.21. The number of benzene rings is 1. The highest BCUT2D eigenvalue weighted by molar-refractivity contribution is 5.32. The van der Waals surface area contributed by atoms with E-state index < -0.39 is 0 Å². The van der Waals surface area contributed by atoms with Gasteiger partial charge in [-0.25, -0.2) is 9.97 Å². The molecule has 0 bridgehead atoms. The molecular formula is C16H21N3. The van der Waals surface area contributed by atoms with Crippen molar-refractivity contribution in [3.63, 3.8) is 0 Å². The third-order valence-corrected chi connectivity index (χ3v) is 3.56. The quantitative estimate of drug-likeness (QED) is 0.916. The largest absolute Gasteiger partial charge is 0.324 e. The number of nitrogens with two attached hydrogens (primary N) is 1. The van der Waals surface area contributed by atoms with Crippen molar-refractivity contribution < 1.29 is 0 Å². The van der Waals surface area contributed by atoms with Crippen LogP contribution in [0.2, 0.25) is 0 Å². The number of hydrogen-bond donors (Lipinski definition) is 1. The van der Waals surface area contributed by atoms with Gasteiger partial charge < -0.3 is 5.73 Å². The van der Waals surface area contributed by atoms with Crippen molar-refractivity contribution in [3.05, 3.63) is 59.2 Å². The molecule has 1 heterocycles. The lowest BCUT2D eigenvalue weighted by Crippen LogP contribution is -2.23. The fraction of sp³-hybridized carbons (Fsp3) is 0.375. The number of rotatable bonds is 3. The summed E-state index contributed by atoms with van der Waals surface area (Å²) in [6.45, 7) is 8.23. The maximum atomic E-state index is 5.90. The highest BCUT2D eigenvalue weighted by Crippen LogP contribution is 2.29. The van der Waals surface area contributed by atoms with Crippen LogP contribution in [0.15, 0.2) is 36.5 Å². The van der Waals surface area contributed by atoms with E-state index in [9.17, 15) is 0 Å². The molecule has 19 heavy (non-hydrogen) atoms. The molecule has 0 aliphatic rings. The Hall–Kier alpha value is -1.74. The molecule has 1 aromatic carbocycles. The average Bonchev–Trinajstić information content (AvgIpc) is 2.39. The molecule has 2 rings (SSSR count). The zero-order valence-corrected chi connectivity index (χ0v) is 12.0. The van der Waals surface area contributed by atoms with Gasteiger partial charge in [0.1, 0.15) is 5.82 Å². The predicted octanol–water partition coefficient (Wildman–Crippen LogP) is 3.13. The summed E-state index contributed by atoms with van der Waals surface area (Å²) in [6, 6.07) is 10.3. The lowest BCUT2D eigenvalue weighted by molar-refractivity contribution is 0.582. The molecule has 0 spiro atoms. The Morgan fingerprint density at radius 3 is 2.32 bits per heavy atom. The molecule has 2 aromatic rings. The Kier molecular flexibility index (Phi) is 3.67. The molecule has 0 aliphatic carbocycles. The molecule has 1 atom stereocenters. The van der Waals surface area contributed by atoms with Gasteiger partial charge in [0.05, 0.1) is 0 Å². The summed E-state index contributed by atoms with van der Waals surface area (Å²) in [5, 5.41) is 0. The first-order valence-corrected chi connectivity index (χ1v) is 6.58. The lowest BCUT2D eigenvalue weighted by Gasteiger charge is -2.24.